The van der Waals surface area contributed by atoms with Gasteiger partial charge in [-0.25, -0.2) is 0 Å². The van der Waals surface area contributed by atoms with Crippen molar-refractivity contribution in [1.29, 1.82) is 0 Å². The van der Waals surface area contributed by atoms with Crippen molar-refractivity contribution in [3.63, 3.8) is 0 Å². The number of likely N-dealkylation sites (N-methyl/N-ethyl adjacent to an activating group) is 1. The van der Waals surface area contributed by atoms with Crippen LogP contribution >= 0.6 is 0 Å². The standard InChI is InChI=1S/C20H22F3N5O3/c1-13-25-26-19(31-13)16-12-28(10-9-27(16)2)18(30)11-24-17(29)8-5-14-3-6-15(7-4-14)20(21,22)23/h3-8,16H,9-12H2,1-2H3,(H,24,29)/b8-5+/t16-/m1/s1. The zero-order chi connectivity index (χ0) is 22.6. The van der Waals surface area contributed by atoms with Gasteiger partial charge in [0.1, 0.15) is 6.04 Å². The number of hydrogen-bond acceptors (Lipinski definition) is 6. The fraction of sp³-hybridized carbons (Fsp3) is 0.400. The summed E-state index contributed by atoms with van der Waals surface area (Å²) in [6.07, 6.45) is -1.86. The highest BCUT2D eigenvalue weighted by molar-refractivity contribution is 5.94. The third-order valence-electron chi connectivity index (χ3n) is 4.91. The van der Waals surface area contributed by atoms with Gasteiger partial charge >= 0.3 is 6.18 Å². The van der Waals surface area contributed by atoms with Crippen molar-refractivity contribution in [3.8, 4) is 0 Å². The van der Waals surface area contributed by atoms with Crippen LogP contribution in [0.2, 0.25) is 0 Å². The predicted octanol–water partition coefficient (Wildman–Crippen LogP) is 2.04. The maximum Gasteiger partial charge on any atom is 0.416 e. The Labute approximate surface area is 176 Å². The van der Waals surface area contributed by atoms with Crippen molar-refractivity contribution in [2.75, 3.05) is 33.2 Å². The topological polar surface area (TPSA) is 91.6 Å². The number of halogens is 3. The number of benzene rings is 1. The Hall–Kier alpha value is -3.21. The van der Waals surface area contributed by atoms with Gasteiger partial charge in [-0.15, -0.1) is 10.2 Å². The van der Waals surface area contributed by atoms with Gasteiger partial charge in [-0.3, -0.25) is 14.5 Å². The molecule has 0 unspecified atom stereocenters. The summed E-state index contributed by atoms with van der Waals surface area (Å²) in [5.74, 6) is 0.0945. The summed E-state index contributed by atoms with van der Waals surface area (Å²) in [4.78, 5) is 28.1. The largest absolute Gasteiger partial charge is 0.424 e. The third-order valence-corrected chi connectivity index (χ3v) is 4.91. The van der Waals surface area contributed by atoms with Gasteiger partial charge in [0.15, 0.2) is 0 Å². The van der Waals surface area contributed by atoms with Gasteiger partial charge in [-0.1, -0.05) is 12.1 Å². The molecule has 2 aromatic rings. The number of nitrogens with zero attached hydrogens (tertiary/aromatic N) is 4. The van der Waals surface area contributed by atoms with Gasteiger partial charge in [0.05, 0.1) is 12.1 Å². The minimum atomic E-state index is -4.41. The zero-order valence-corrected chi connectivity index (χ0v) is 17.0. The molecule has 3 rings (SSSR count). The van der Waals surface area contributed by atoms with Gasteiger partial charge in [-0.2, -0.15) is 13.2 Å². The number of aryl methyl sites for hydroxylation is 1. The van der Waals surface area contributed by atoms with E-state index >= 15 is 0 Å². The number of carbonyl (C=O) groups excluding carboxylic acids is 2. The van der Waals surface area contributed by atoms with Crippen LogP contribution in [0.25, 0.3) is 6.08 Å². The molecule has 0 saturated carbocycles. The Bertz CT molecular complexity index is 956. The summed E-state index contributed by atoms with van der Waals surface area (Å²) in [6, 6.07) is 4.18. The van der Waals surface area contributed by atoms with Crippen LogP contribution in [0.5, 0.6) is 0 Å². The quantitative estimate of drug-likeness (QED) is 0.720. The molecule has 0 spiro atoms. The van der Waals surface area contributed by atoms with E-state index in [0.717, 1.165) is 12.1 Å². The Balaban J connectivity index is 1.50. The highest BCUT2D eigenvalue weighted by Crippen LogP contribution is 2.29. The summed E-state index contributed by atoms with van der Waals surface area (Å²) in [5.41, 5.74) is -0.327. The fourth-order valence-corrected chi connectivity index (χ4v) is 3.10. The molecule has 2 amide bonds. The second-order valence-electron chi connectivity index (χ2n) is 7.17. The lowest BCUT2D eigenvalue weighted by molar-refractivity contribution is -0.137. The lowest BCUT2D eigenvalue weighted by atomic mass is 10.1. The molecule has 0 bridgehead atoms. The van der Waals surface area contributed by atoms with Gasteiger partial charge in [0, 0.05) is 32.6 Å². The van der Waals surface area contributed by atoms with Crippen LogP contribution in [0.4, 0.5) is 13.2 Å². The minimum Gasteiger partial charge on any atom is -0.424 e. The van der Waals surface area contributed by atoms with Crippen LogP contribution in [-0.4, -0.2) is 65.0 Å². The smallest absolute Gasteiger partial charge is 0.416 e. The first kappa shape index (κ1) is 22.5. The summed E-state index contributed by atoms with van der Waals surface area (Å²) in [7, 11) is 1.90. The zero-order valence-electron chi connectivity index (χ0n) is 17.0. The molecule has 1 aromatic heterocycles. The van der Waals surface area contributed by atoms with Crippen LogP contribution in [0, 0.1) is 6.92 Å². The molecule has 1 N–H and O–H groups in total. The molecule has 8 nitrogen and oxygen atoms in total. The van der Waals surface area contributed by atoms with Gasteiger partial charge in [-0.05, 0) is 30.8 Å². The molecular weight excluding hydrogens is 415 g/mol. The highest BCUT2D eigenvalue weighted by atomic mass is 19.4. The summed E-state index contributed by atoms with van der Waals surface area (Å²) >= 11 is 0. The molecule has 1 saturated heterocycles. The van der Waals surface area contributed by atoms with Crippen molar-refractivity contribution in [2.24, 2.45) is 0 Å². The van der Waals surface area contributed by atoms with E-state index in [1.165, 1.54) is 24.3 Å². The third kappa shape index (κ3) is 5.91. The minimum absolute atomic E-state index is 0.199. The molecule has 11 heteroatoms. The lowest BCUT2D eigenvalue weighted by Gasteiger charge is -2.37. The maximum absolute atomic E-state index is 12.6. The molecule has 2 heterocycles. The first-order chi connectivity index (χ1) is 14.6. The van der Waals surface area contributed by atoms with E-state index in [1.807, 2.05) is 11.9 Å². The Morgan fingerprint density at radius 1 is 1.23 bits per heavy atom. The molecule has 31 heavy (non-hydrogen) atoms. The average molecular weight is 437 g/mol. The van der Waals surface area contributed by atoms with E-state index in [1.54, 1.807) is 11.8 Å². The van der Waals surface area contributed by atoms with E-state index in [4.69, 9.17) is 4.42 Å². The van der Waals surface area contributed by atoms with Crippen LogP contribution in [0.1, 0.15) is 29.0 Å². The lowest BCUT2D eigenvalue weighted by Crippen LogP contribution is -2.51. The Kier molecular flexibility index (Phi) is 6.74. The van der Waals surface area contributed by atoms with Crippen LogP contribution in [-0.2, 0) is 15.8 Å². The average Bonchev–Trinajstić information content (AvgIpc) is 3.16. The van der Waals surface area contributed by atoms with Crippen LogP contribution in [0.3, 0.4) is 0 Å². The number of rotatable bonds is 5. The van der Waals surface area contributed by atoms with Crippen molar-refractivity contribution in [2.45, 2.75) is 19.1 Å². The van der Waals surface area contributed by atoms with Gasteiger partial charge in [0.25, 0.3) is 0 Å². The van der Waals surface area contributed by atoms with Crippen molar-refractivity contribution in [1.82, 2.24) is 25.3 Å². The number of aromatic nitrogens is 2. The van der Waals surface area contributed by atoms with E-state index in [-0.39, 0.29) is 18.5 Å². The molecule has 166 valence electrons. The predicted molar refractivity (Wildman–Crippen MR) is 104 cm³/mol. The summed E-state index contributed by atoms with van der Waals surface area (Å²) in [6.45, 7) is 2.95. The highest BCUT2D eigenvalue weighted by Gasteiger charge is 2.32. The molecule has 1 aliphatic rings. The number of amides is 2. The van der Waals surface area contributed by atoms with E-state index in [2.05, 4.69) is 15.5 Å². The van der Waals surface area contributed by atoms with Crippen molar-refractivity contribution < 1.29 is 27.2 Å². The van der Waals surface area contributed by atoms with Gasteiger partial charge < -0.3 is 14.6 Å². The Morgan fingerprint density at radius 3 is 2.55 bits per heavy atom. The molecule has 0 radical (unpaired) electrons. The number of nitrogens with one attached hydrogen (secondary N) is 1. The molecule has 1 atom stereocenters. The fourth-order valence-electron chi connectivity index (χ4n) is 3.10. The normalized spacial score (nSPS) is 17.8. The van der Waals surface area contributed by atoms with E-state index in [9.17, 15) is 22.8 Å². The number of piperazine rings is 1. The Morgan fingerprint density at radius 2 is 1.94 bits per heavy atom. The van der Waals surface area contributed by atoms with E-state index < -0.39 is 17.6 Å². The van der Waals surface area contributed by atoms with Gasteiger partial charge in [0.2, 0.25) is 23.6 Å². The molecule has 1 aromatic carbocycles. The molecule has 1 fully saturated rings. The first-order valence-electron chi connectivity index (χ1n) is 9.54. The molecule has 0 aliphatic carbocycles. The number of hydrogen-bond donors (Lipinski definition) is 1. The number of alkyl halides is 3. The second-order valence-corrected chi connectivity index (χ2v) is 7.17. The van der Waals surface area contributed by atoms with Crippen molar-refractivity contribution in [3.05, 3.63) is 53.2 Å². The van der Waals surface area contributed by atoms with Crippen LogP contribution < -0.4 is 5.32 Å². The molecular formula is C20H22F3N5O3. The van der Waals surface area contributed by atoms with E-state index in [0.29, 0.717) is 37.0 Å². The SMILES string of the molecule is Cc1nnc([C@H]2CN(C(=O)CNC(=O)/C=C/c3ccc(C(F)(F)F)cc3)CCN2C)o1. The first-order valence-corrected chi connectivity index (χ1v) is 9.54. The number of carbonyl (C=O) groups is 2. The molecule has 1 aliphatic heterocycles. The van der Waals surface area contributed by atoms with Crippen LogP contribution in [0.15, 0.2) is 34.8 Å². The van der Waals surface area contributed by atoms with Crippen molar-refractivity contribution >= 4 is 17.9 Å². The summed E-state index contributed by atoms with van der Waals surface area (Å²) in [5, 5.41) is 10.3. The second kappa shape index (κ2) is 9.29. The monoisotopic (exact) mass is 437 g/mol. The maximum atomic E-state index is 12.6. The summed E-state index contributed by atoms with van der Waals surface area (Å²) < 4.78 is 43.2.